The quantitative estimate of drug-likeness (QED) is 0.462. The van der Waals surface area contributed by atoms with Crippen molar-refractivity contribution >= 4 is 33.9 Å². The highest BCUT2D eigenvalue weighted by molar-refractivity contribution is 6.05. The Morgan fingerprint density at radius 3 is 2.54 bits per heavy atom. The summed E-state index contributed by atoms with van der Waals surface area (Å²) in [6.45, 7) is 14.3. The smallest absolute Gasteiger partial charge is 0.0980 e. The SMILES string of the molecule is C=C1c2ccccc2N(CC(C)C)C1(C)/C=N\c1c(C)ccc2ccccc12. The molecule has 3 aromatic carbocycles. The molecule has 0 spiro atoms. The van der Waals surface area contributed by atoms with Crippen molar-refractivity contribution in [3.8, 4) is 0 Å². The van der Waals surface area contributed by atoms with Crippen LogP contribution in [0.2, 0.25) is 0 Å². The van der Waals surface area contributed by atoms with Gasteiger partial charge in [0.05, 0.1) is 11.2 Å². The van der Waals surface area contributed by atoms with Crippen molar-refractivity contribution in [2.24, 2.45) is 10.9 Å². The molecule has 142 valence electrons. The number of para-hydroxylation sites is 1. The molecule has 0 bridgehead atoms. The van der Waals surface area contributed by atoms with Crippen LogP contribution in [0.25, 0.3) is 16.3 Å². The lowest BCUT2D eigenvalue weighted by atomic mass is 9.92. The number of benzene rings is 3. The summed E-state index contributed by atoms with van der Waals surface area (Å²) in [6.07, 6.45) is 2.10. The zero-order valence-corrected chi connectivity index (χ0v) is 17.2. The molecule has 0 amide bonds. The Morgan fingerprint density at radius 1 is 1.04 bits per heavy atom. The van der Waals surface area contributed by atoms with Gasteiger partial charge in [-0.15, -0.1) is 0 Å². The number of rotatable bonds is 4. The van der Waals surface area contributed by atoms with Gasteiger partial charge in [-0.25, -0.2) is 0 Å². The Morgan fingerprint density at radius 2 is 1.75 bits per heavy atom. The Kier molecular flexibility index (Phi) is 4.58. The third-order valence-corrected chi connectivity index (χ3v) is 5.79. The highest BCUT2D eigenvalue weighted by atomic mass is 15.2. The molecular weight excluding hydrogens is 340 g/mol. The van der Waals surface area contributed by atoms with Crippen LogP contribution in [-0.4, -0.2) is 18.3 Å². The normalized spacial score (nSPS) is 19.2. The van der Waals surface area contributed by atoms with Gasteiger partial charge in [-0.1, -0.05) is 75.0 Å². The predicted octanol–water partition coefficient (Wildman–Crippen LogP) is 6.80. The summed E-state index contributed by atoms with van der Waals surface area (Å²) in [4.78, 5) is 7.51. The first kappa shape index (κ1) is 18.5. The first-order valence-electron chi connectivity index (χ1n) is 10.0. The van der Waals surface area contributed by atoms with Crippen LogP contribution in [0.3, 0.4) is 0 Å². The monoisotopic (exact) mass is 368 g/mol. The largest absolute Gasteiger partial charge is 0.356 e. The van der Waals surface area contributed by atoms with Crippen LogP contribution < -0.4 is 4.90 Å². The van der Waals surface area contributed by atoms with Crippen molar-refractivity contribution in [3.63, 3.8) is 0 Å². The van der Waals surface area contributed by atoms with E-state index in [0.717, 1.165) is 17.8 Å². The summed E-state index contributed by atoms with van der Waals surface area (Å²) in [5, 5.41) is 2.41. The van der Waals surface area contributed by atoms with Gasteiger partial charge in [-0.05, 0) is 42.4 Å². The van der Waals surface area contributed by atoms with E-state index in [1.54, 1.807) is 0 Å². The summed E-state index contributed by atoms with van der Waals surface area (Å²) in [7, 11) is 0. The van der Waals surface area contributed by atoms with Crippen molar-refractivity contribution < 1.29 is 0 Å². The molecule has 28 heavy (non-hydrogen) atoms. The molecule has 2 nitrogen and oxygen atoms in total. The molecule has 0 N–H and O–H groups in total. The van der Waals surface area contributed by atoms with Gasteiger partial charge < -0.3 is 4.90 Å². The second-order valence-corrected chi connectivity index (χ2v) is 8.36. The zero-order chi connectivity index (χ0) is 19.9. The van der Waals surface area contributed by atoms with E-state index in [-0.39, 0.29) is 5.54 Å². The first-order chi connectivity index (χ1) is 13.4. The number of hydrogen-bond donors (Lipinski definition) is 0. The standard InChI is InChI=1S/C26H28N2/c1-18(2)16-28-24-13-9-8-11-22(24)20(4)26(28,5)17-27-25-19(3)14-15-21-10-6-7-12-23(21)25/h6-15,17-18H,4,16H2,1-3,5H3/b27-17-. The number of aliphatic imine (C=N–C) groups is 1. The van der Waals surface area contributed by atoms with Gasteiger partial charge in [0.25, 0.3) is 0 Å². The fraction of sp³-hybridized carbons (Fsp3) is 0.269. The molecule has 1 atom stereocenters. The average molecular weight is 369 g/mol. The van der Waals surface area contributed by atoms with Crippen molar-refractivity contribution in [3.05, 3.63) is 78.4 Å². The number of nitrogens with zero attached hydrogens (tertiary/aromatic N) is 2. The van der Waals surface area contributed by atoms with Crippen LogP contribution in [-0.2, 0) is 0 Å². The average Bonchev–Trinajstić information content (AvgIpc) is 2.89. The predicted molar refractivity (Wildman–Crippen MR) is 123 cm³/mol. The van der Waals surface area contributed by atoms with E-state index in [0.29, 0.717) is 5.92 Å². The second-order valence-electron chi connectivity index (χ2n) is 8.36. The Hall–Kier alpha value is -2.87. The van der Waals surface area contributed by atoms with Gasteiger partial charge in [0.1, 0.15) is 0 Å². The lowest BCUT2D eigenvalue weighted by molar-refractivity contribution is 0.575. The molecule has 0 aromatic heterocycles. The maximum Gasteiger partial charge on any atom is 0.0980 e. The fourth-order valence-corrected chi connectivity index (χ4v) is 4.18. The minimum absolute atomic E-state index is 0.336. The van der Waals surface area contributed by atoms with Crippen molar-refractivity contribution in [2.45, 2.75) is 33.2 Å². The van der Waals surface area contributed by atoms with Crippen LogP contribution in [0.15, 0.2) is 72.2 Å². The van der Waals surface area contributed by atoms with Crippen LogP contribution in [0, 0.1) is 12.8 Å². The number of anilines is 1. The lowest BCUT2D eigenvalue weighted by Gasteiger charge is -2.36. The van der Waals surface area contributed by atoms with Gasteiger partial charge in [-0.2, -0.15) is 0 Å². The van der Waals surface area contributed by atoms with Gasteiger partial charge in [0, 0.05) is 29.4 Å². The highest BCUT2D eigenvalue weighted by Crippen LogP contribution is 2.46. The molecule has 2 heteroatoms. The molecule has 1 unspecified atom stereocenters. The van der Waals surface area contributed by atoms with Crippen molar-refractivity contribution in [1.29, 1.82) is 0 Å². The molecule has 3 aromatic rings. The summed E-state index contributed by atoms with van der Waals surface area (Å²) >= 11 is 0. The molecule has 1 heterocycles. The summed E-state index contributed by atoms with van der Waals surface area (Å²) in [6, 6.07) is 21.4. The van der Waals surface area contributed by atoms with E-state index in [9.17, 15) is 0 Å². The molecule has 0 radical (unpaired) electrons. The molecule has 0 saturated heterocycles. The van der Waals surface area contributed by atoms with E-state index in [2.05, 4.69) is 106 Å². The third kappa shape index (κ3) is 2.93. The van der Waals surface area contributed by atoms with Crippen LogP contribution >= 0.6 is 0 Å². The molecule has 1 aliphatic rings. The van der Waals surface area contributed by atoms with E-state index in [1.165, 1.54) is 27.6 Å². The minimum Gasteiger partial charge on any atom is -0.356 e. The lowest BCUT2D eigenvalue weighted by Crippen LogP contribution is -2.46. The molecule has 0 fully saturated rings. The maximum atomic E-state index is 5.05. The van der Waals surface area contributed by atoms with E-state index in [1.807, 2.05) is 0 Å². The second kappa shape index (κ2) is 6.94. The minimum atomic E-state index is -0.336. The van der Waals surface area contributed by atoms with Gasteiger partial charge in [-0.3, -0.25) is 4.99 Å². The van der Waals surface area contributed by atoms with Gasteiger partial charge in [0.2, 0.25) is 0 Å². The number of hydrogen-bond acceptors (Lipinski definition) is 2. The first-order valence-corrected chi connectivity index (χ1v) is 10.0. The molecule has 0 aliphatic carbocycles. The summed E-state index contributed by atoms with van der Waals surface area (Å²) < 4.78 is 0. The van der Waals surface area contributed by atoms with E-state index < -0.39 is 0 Å². The van der Waals surface area contributed by atoms with Crippen LogP contribution in [0.1, 0.15) is 31.9 Å². The molecule has 4 rings (SSSR count). The zero-order valence-electron chi connectivity index (χ0n) is 17.2. The molecular formula is C26H28N2. The number of aryl methyl sites for hydroxylation is 1. The Bertz CT molecular complexity index is 1080. The topological polar surface area (TPSA) is 15.6 Å². The Balaban J connectivity index is 1.82. The summed E-state index contributed by atoms with van der Waals surface area (Å²) in [5.41, 5.74) is 5.50. The molecule has 0 saturated carbocycles. The fourth-order valence-electron chi connectivity index (χ4n) is 4.18. The summed E-state index contributed by atoms with van der Waals surface area (Å²) in [5.74, 6) is 0.547. The maximum absolute atomic E-state index is 5.05. The van der Waals surface area contributed by atoms with Gasteiger partial charge in [0.15, 0.2) is 0 Å². The third-order valence-electron chi connectivity index (χ3n) is 5.79. The van der Waals surface area contributed by atoms with Crippen molar-refractivity contribution in [2.75, 3.05) is 11.4 Å². The van der Waals surface area contributed by atoms with Gasteiger partial charge >= 0.3 is 0 Å². The Labute approximate surface area is 168 Å². The van der Waals surface area contributed by atoms with E-state index >= 15 is 0 Å². The highest BCUT2D eigenvalue weighted by Gasteiger charge is 2.42. The van der Waals surface area contributed by atoms with E-state index in [4.69, 9.17) is 4.99 Å². The number of fused-ring (bicyclic) bond motifs is 2. The van der Waals surface area contributed by atoms with Crippen molar-refractivity contribution in [1.82, 2.24) is 0 Å². The molecule has 1 aliphatic heterocycles. The van der Waals surface area contributed by atoms with Crippen LogP contribution in [0.5, 0.6) is 0 Å². The van der Waals surface area contributed by atoms with Crippen LogP contribution in [0.4, 0.5) is 11.4 Å².